The molecule has 0 amide bonds. The fourth-order valence-electron chi connectivity index (χ4n) is 6.96. The van der Waals surface area contributed by atoms with Gasteiger partial charge in [0.05, 0.1) is 5.69 Å². The van der Waals surface area contributed by atoms with Crippen LogP contribution in [0.1, 0.15) is 0 Å². The van der Waals surface area contributed by atoms with E-state index < -0.39 is 0 Å². The number of furan rings is 2. The Morgan fingerprint density at radius 1 is 0.413 bits per heavy atom. The van der Waals surface area contributed by atoms with Crippen molar-refractivity contribution in [3.05, 3.63) is 152 Å². The molecule has 0 bridgehead atoms. The first-order valence-electron chi connectivity index (χ1n) is 15.4. The van der Waals surface area contributed by atoms with Gasteiger partial charge in [-0.15, -0.1) is 11.3 Å². The molecule has 7 aromatic carbocycles. The predicted molar refractivity (Wildman–Crippen MR) is 194 cm³/mol. The van der Waals surface area contributed by atoms with Gasteiger partial charge in [-0.2, -0.15) is 0 Å². The van der Waals surface area contributed by atoms with Crippen molar-refractivity contribution in [3.8, 4) is 11.1 Å². The Morgan fingerprint density at radius 2 is 1.09 bits per heavy atom. The average Bonchev–Trinajstić information content (AvgIpc) is 3.80. The topological polar surface area (TPSA) is 29.5 Å². The minimum absolute atomic E-state index is 0.856. The lowest BCUT2D eigenvalue weighted by atomic mass is 10.0. The van der Waals surface area contributed by atoms with Gasteiger partial charge < -0.3 is 13.7 Å². The van der Waals surface area contributed by atoms with E-state index in [2.05, 4.69) is 138 Å². The van der Waals surface area contributed by atoms with Crippen molar-refractivity contribution >= 4 is 92.4 Å². The highest BCUT2D eigenvalue weighted by Gasteiger charge is 2.22. The summed E-state index contributed by atoms with van der Waals surface area (Å²) in [6.45, 7) is 0. The van der Waals surface area contributed by atoms with E-state index in [-0.39, 0.29) is 0 Å². The third kappa shape index (κ3) is 3.77. The van der Waals surface area contributed by atoms with Crippen LogP contribution in [0.15, 0.2) is 160 Å². The molecule has 0 aliphatic carbocycles. The zero-order valence-corrected chi connectivity index (χ0v) is 25.4. The Hall–Kier alpha value is -5.84. The van der Waals surface area contributed by atoms with Crippen LogP contribution >= 0.6 is 11.3 Å². The van der Waals surface area contributed by atoms with E-state index in [1.807, 2.05) is 29.5 Å². The van der Waals surface area contributed by atoms with Gasteiger partial charge in [0.15, 0.2) is 5.58 Å². The minimum Gasteiger partial charge on any atom is -0.456 e. The SMILES string of the molecule is c1ccc(-c2cccc3c2oc2c(N(c4ccc5c(c4)sc4ccccc45)c4ccc5oc6ccccc6c5c4)cccc23)cc1. The van der Waals surface area contributed by atoms with Crippen molar-refractivity contribution in [1.82, 2.24) is 0 Å². The normalized spacial score (nSPS) is 11.9. The fourth-order valence-corrected chi connectivity index (χ4v) is 8.10. The van der Waals surface area contributed by atoms with Gasteiger partial charge in [0.1, 0.15) is 16.7 Å². The number of fused-ring (bicyclic) bond motifs is 9. The summed E-state index contributed by atoms with van der Waals surface area (Å²) in [5.74, 6) is 0. The second-order valence-corrected chi connectivity index (χ2v) is 12.8. The highest BCUT2D eigenvalue weighted by atomic mass is 32.1. The van der Waals surface area contributed by atoms with Gasteiger partial charge in [-0.25, -0.2) is 0 Å². The van der Waals surface area contributed by atoms with Crippen molar-refractivity contribution in [3.63, 3.8) is 0 Å². The molecular weight excluding hydrogens is 583 g/mol. The molecule has 0 N–H and O–H groups in total. The number of hydrogen-bond acceptors (Lipinski definition) is 4. The number of hydrogen-bond donors (Lipinski definition) is 0. The fraction of sp³-hybridized carbons (Fsp3) is 0. The summed E-state index contributed by atoms with van der Waals surface area (Å²) in [4.78, 5) is 2.33. The van der Waals surface area contributed by atoms with E-state index in [0.29, 0.717) is 0 Å². The maximum Gasteiger partial charge on any atom is 0.159 e. The van der Waals surface area contributed by atoms with Crippen LogP contribution in [0.25, 0.3) is 75.2 Å². The number of benzene rings is 7. The van der Waals surface area contributed by atoms with Crippen molar-refractivity contribution < 1.29 is 8.83 Å². The second kappa shape index (κ2) is 9.83. The van der Waals surface area contributed by atoms with E-state index in [9.17, 15) is 0 Å². The van der Waals surface area contributed by atoms with Crippen LogP contribution in [0, 0.1) is 0 Å². The van der Waals surface area contributed by atoms with Gasteiger partial charge in [0.25, 0.3) is 0 Å². The van der Waals surface area contributed by atoms with Crippen molar-refractivity contribution in [1.29, 1.82) is 0 Å². The van der Waals surface area contributed by atoms with Gasteiger partial charge in [-0.05, 0) is 54.1 Å². The van der Waals surface area contributed by atoms with Crippen molar-refractivity contribution in [2.75, 3.05) is 4.90 Å². The average molecular weight is 608 g/mol. The lowest BCUT2D eigenvalue weighted by Gasteiger charge is -2.25. The molecule has 0 radical (unpaired) electrons. The lowest BCUT2D eigenvalue weighted by molar-refractivity contribution is 0.669. The Labute approximate surface area is 268 Å². The molecule has 3 nitrogen and oxygen atoms in total. The van der Waals surface area contributed by atoms with Gasteiger partial charge in [0.2, 0.25) is 0 Å². The van der Waals surface area contributed by atoms with E-state index in [1.54, 1.807) is 0 Å². The smallest absolute Gasteiger partial charge is 0.159 e. The molecule has 0 spiro atoms. The van der Waals surface area contributed by atoms with E-state index in [4.69, 9.17) is 8.83 Å². The summed E-state index contributed by atoms with van der Waals surface area (Å²) in [7, 11) is 0. The number of anilines is 3. The Kier molecular flexibility index (Phi) is 5.45. The number of rotatable bonds is 4. The van der Waals surface area contributed by atoms with Crippen LogP contribution in [-0.2, 0) is 0 Å². The summed E-state index contributed by atoms with van der Waals surface area (Å²) >= 11 is 1.83. The third-order valence-electron chi connectivity index (χ3n) is 9.07. The molecule has 3 aromatic heterocycles. The molecule has 10 aromatic rings. The van der Waals surface area contributed by atoms with Crippen molar-refractivity contribution in [2.45, 2.75) is 0 Å². The molecular formula is C42H25NO2S. The summed E-state index contributed by atoms with van der Waals surface area (Å²) < 4.78 is 15.7. The first kappa shape index (κ1) is 25.5. The lowest BCUT2D eigenvalue weighted by Crippen LogP contribution is -2.10. The monoisotopic (exact) mass is 607 g/mol. The molecule has 0 fully saturated rings. The molecule has 4 heteroatoms. The maximum atomic E-state index is 6.91. The number of para-hydroxylation sites is 3. The van der Waals surface area contributed by atoms with Crippen LogP contribution in [0.4, 0.5) is 17.1 Å². The first-order chi connectivity index (χ1) is 22.8. The molecule has 0 atom stereocenters. The second-order valence-electron chi connectivity index (χ2n) is 11.7. The molecule has 216 valence electrons. The van der Waals surface area contributed by atoms with Gasteiger partial charge in [-0.1, -0.05) is 103 Å². The van der Waals surface area contributed by atoms with Crippen LogP contribution in [0.2, 0.25) is 0 Å². The van der Waals surface area contributed by atoms with Crippen LogP contribution < -0.4 is 4.90 Å². The van der Waals surface area contributed by atoms with Crippen LogP contribution in [-0.4, -0.2) is 0 Å². The quantitative estimate of drug-likeness (QED) is 0.199. The third-order valence-corrected chi connectivity index (χ3v) is 10.2. The summed E-state index contributed by atoms with van der Waals surface area (Å²) in [6.07, 6.45) is 0. The zero-order chi connectivity index (χ0) is 30.2. The number of nitrogens with zero attached hydrogens (tertiary/aromatic N) is 1. The van der Waals surface area contributed by atoms with Gasteiger partial charge in [-0.3, -0.25) is 0 Å². The molecule has 46 heavy (non-hydrogen) atoms. The Morgan fingerprint density at radius 3 is 2.00 bits per heavy atom. The Balaban J connectivity index is 1.26. The van der Waals surface area contributed by atoms with Crippen molar-refractivity contribution in [2.24, 2.45) is 0 Å². The molecule has 10 rings (SSSR count). The molecule has 3 heterocycles. The standard InChI is InChI=1S/C42H25NO2S/c1-2-10-26(11-3-1)29-14-8-15-33-34-16-9-17-36(42(34)45-41(29)33)43(27-21-23-38-35(24-27)30-12-4-6-18-37(30)44-38)28-20-22-32-31-13-5-7-19-39(31)46-40(32)25-28/h1-25H. The summed E-state index contributed by atoms with van der Waals surface area (Å²) in [6, 6.07) is 53.5. The van der Waals surface area contributed by atoms with Crippen LogP contribution in [0.5, 0.6) is 0 Å². The highest BCUT2D eigenvalue weighted by molar-refractivity contribution is 7.25. The maximum absolute atomic E-state index is 6.91. The summed E-state index contributed by atoms with van der Waals surface area (Å²) in [5.41, 5.74) is 8.84. The Bertz CT molecular complexity index is 2770. The number of thiophene rings is 1. The molecule has 0 aliphatic rings. The first-order valence-corrected chi connectivity index (χ1v) is 16.2. The molecule has 0 saturated carbocycles. The van der Waals surface area contributed by atoms with E-state index in [1.165, 1.54) is 20.2 Å². The van der Waals surface area contributed by atoms with E-state index >= 15 is 0 Å². The van der Waals surface area contributed by atoms with E-state index in [0.717, 1.165) is 72.1 Å². The minimum atomic E-state index is 0.856. The highest BCUT2D eigenvalue weighted by Crippen LogP contribution is 2.46. The van der Waals surface area contributed by atoms with Crippen LogP contribution in [0.3, 0.4) is 0 Å². The molecule has 0 unspecified atom stereocenters. The summed E-state index contributed by atoms with van der Waals surface area (Å²) in [5, 5.41) is 6.95. The molecule has 0 aliphatic heterocycles. The predicted octanol–water partition coefficient (Wildman–Crippen LogP) is 13.0. The van der Waals surface area contributed by atoms with Gasteiger partial charge >= 0.3 is 0 Å². The van der Waals surface area contributed by atoms with Gasteiger partial charge in [0, 0.05) is 58.7 Å². The zero-order valence-electron chi connectivity index (χ0n) is 24.6. The molecule has 0 saturated heterocycles. The largest absolute Gasteiger partial charge is 0.456 e.